The summed E-state index contributed by atoms with van der Waals surface area (Å²) in [5, 5.41) is 8.66. The van der Waals surface area contributed by atoms with Crippen LogP contribution < -0.4 is 0 Å². The summed E-state index contributed by atoms with van der Waals surface area (Å²) in [6, 6.07) is 0. The van der Waals surface area contributed by atoms with Crippen molar-refractivity contribution in [1.82, 2.24) is 0 Å². The second-order valence-electron chi connectivity index (χ2n) is 3.94. The van der Waals surface area contributed by atoms with Crippen LogP contribution >= 0.6 is 0 Å². The van der Waals surface area contributed by atoms with Crippen LogP contribution in [0, 0.1) is 17.8 Å². The van der Waals surface area contributed by atoms with Gasteiger partial charge in [0.1, 0.15) is 0 Å². The summed E-state index contributed by atoms with van der Waals surface area (Å²) >= 11 is 0. The van der Waals surface area contributed by atoms with E-state index in [0.29, 0.717) is 11.8 Å². The minimum absolute atomic E-state index is 0.200. The van der Waals surface area contributed by atoms with Crippen LogP contribution in [0.2, 0.25) is 0 Å². The quantitative estimate of drug-likeness (QED) is 0.668. The third-order valence-electron chi connectivity index (χ3n) is 2.75. The molecule has 0 saturated carbocycles. The predicted molar refractivity (Wildman–Crippen MR) is 58.8 cm³/mol. The normalized spacial score (nSPS) is 18.0. The Morgan fingerprint density at radius 3 is 2.43 bits per heavy atom. The van der Waals surface area contributed by atoms with Gasteiger partial charge in [0.2, 0.25) is 0 Å². The molecule has 14 heavy (non-hydrogen) atoms. The minimum atomic E-state index is -0.719. The zero-order chi connectivity index (χ0) is 11.1. The molecule has 0 rings (SSSR count). The van der Waals surface area contributed by atoms with Crippen LogP contribution in [0.15, 0.2) is 4.99 Å². The van der Waals surface area contributed by atoms with Crippen LogP contribution in [0.25, 0.3) is 0 Å². The molecule has 0 heterocycles. The van der Waals surface area contributed by atoms with Crippen LogP contribution in [0.1, 0.15) is 34.1 Å². The van der Waals surface area contributed by atoms with Gasteiger partial charge < -0.3 is 5.11 Å². The summed E-state index contributed by atoms with van der Waals surface area (Å²) < 4.78 is 0. The molecule has 0 aromatic carbocycles. The Morgan fingerprint density at radius 2 is 2.00 bits per heavy atom. The van der Waals surface area contributed by atoms with Crippen molar-refractivity contribution in [2.24, 2.45) is 22.7 Å². The highest BCUT2D eigenvalue weighted by Gasteiger charge is 2.19. The van der Waals surface area contributed by atoms with E-state index in [-0.39, 0.29) is 12.3 Å². The maximum Gasteiger partial charge on any atom is 0.303 e. The molecule has 0 aliphatic carbocycles. The van der Waals surface area contributed by atoms with Gasteiger partial charge in [-0.15, -0.1) is 0 Å². The lowest BCUT2D eigenvalue weighted by Gasteiger charge is -2.22. The van der Waals surface area contributed by atoms with Gasteiger partial charge in [-0.2, -0.15) is 0 Å². The SMILES string of the molecule is CCN=CC(C)C(C)C(C)CC(=O)O. The molecule has 0 aromatic rings. The van der Waals surface area contributed by atoms with E-state index < -0.39 is 5.97 Å². The Labute approximate surface area is 86.2 Å². The van der Waals surface area contributed by atoms with E-state index in [4.69, 9.17) is 5.11 Å². The molecule has 3 nitrogen and oxygen atoms in total. The van der Waals surface area contributed by atoms with E-state index in [1.807, 2.05) is 20.1 Å². The maximum absolute atomic E-state index is 10.5. The average Bonchev–Trinajstić information content (AvgIpc) is 2.11. The van der Waals surface area contributed by atoms with Crippen LogP contribution in [0.4, 0.5) is 0 Å². The Hall–Kier alpha value is -0.860. The molecule has 0 saturated heterocycles. The zero-order valence-electron chi connectivity index (χ0n) is 9.53. The third-order valence-corrected chi connectivity index (χ3v) is 2.75. The molecule has 0 fully saturated rings. The average molecular weight is 199 g/mol. The third kappa shape index (κ3) is 5.00. The van der Waals surface area contributed by atoms with E-state index in [1.54, 1.807) is 0 Å². The number of carboxylic acids is 1. The van der Waals surface area contributed by atoms with E-state index in [1.165, 1.54) is 0 Å². The molecule has 0 amide bonds. The van der Waals surface area contributed by atoms with Gasteiger partial charge in [-0.25, -0.2) is 0 Å². The maximum atomic E-state index is 10.5. The Morgan fingerprint density at radius 1 is 1.43 bits per heavy atom. The molecule has 0 aliphatic rings. The van der Waals surface area contributed by atoms with Crippen molar-refractivity contribution in [2.45, 2.75) is 34.1 Å². The van der Waals surface area contributed by atoms with Gasteiger partial charge in [0, 0.05) is 19.2 Å². The lowest BCUT2D eigenvalue weighted by molar-refractivity contribution is -0.138. The fourth-order valence-corrected chi connectivity index (χ4v) is 1.39. The van der Waals surface area contributed by atoms with Crippen LogP contribution in [0.5, 0.6) is 0 Å². The molecule has 1 N–H and O–H groups in total. The summed E-state index contributed by atoms with van der Waals surface area (Å²) in [4.78, 5) is 14.7. The predicted octanol–water partition coefficient (Wildman–Crippen LogP) is 2.46. The summed E-state index contributed by atoms with van der Waals surface area (Å²) in [5.41, 5.74) is 0. The van der Waals surface area contributed by atoms with Crippen molar-refractivity contribution in [3.8, 4) is 0 Å². The summed E-state index contributed by atoms with van der Waals surface area (Å²) in [6.45, 7) is 8.94. The number of hydrogen-bond acceptors (Lipinski definition) is 2. The second-order valence-corrected chi connectivity index (χ2v) is 3.94. The molecule has 3 heteroatoms. The van der Waals surface area contributed by atoms with E-state index in [9.17, 15) is 4.79 Å². The summed E-state index contributed by atoms with van der Waals surface area (Å²) in [6.07, 6.45) is 2.18. The highest BCUT2D eigenvalue weighted by molar-refractivity contribution is 5.67. The topological polar surface area (TPSA) is 49.7 Å². The van der Waals surface area contributed by atoms with Crippen molar-refractivity contribution in [2.75, 3.05) is 6.54 Å². The molecule has 3 unspecified atom stereocenters. The molecule has 0 aliphatic heterocycles. The lowest BCUT2D eigenvalue weighted by atomic mass is 9.84. The Balaban J connectivity index is 4.09. The number of rotatable bonds is 6. The van der Waals surface area contributed by atoms with Gasteiger partial charge in [-0.05, 0) is 24.7 Å². The van der Waals surface area contributed by atoms with Gasteiger partial charge >= 0.3 is 5.97 Å². The number of carboxylic acid groups (broad SMARTS) is 1. The second kappa shape index (κ2) is 6.57. The Kier molecular flexibility index (Phi) is 6.17. The van der Waals surface area contributed by atoms with Crippen LogP contribution in [-0.2, 0) is 4.79 Å². The van der Waals surface area contributed by atoms with Crippen molar-refractivity contribution >= 4 is 12.2 Å². The highest BCUT2D eigenvalue weighted by Crippen LogP contribution is 2.22. The first-order chi connectivity index (χ1) is 6.49. The fraction of sp³-hybridized carbons (Fsp3) is 0.818. The number of nitrogens with zero attached hydrogens (tertiary/aromatic N) is 1. The van der Waals surface area contributed by atoms with Gasteiger partial charge in [0.25, 0.3) is 0 Å². The summed E-state index contributed by atoms with van der Waals surface area (Å²) in [5.74, 6) is 0.195. The van der Waals surface area contributed by atoms with Gasteiger partial charge in [0.05, 0.1) is 0 Å². The minimum Gasteiger partial charge on any atom is -0.481 e. The van der Waals surface area contributed by atoms with E-state index in [0.717, 1.165) is 6.54 Å². The molecule has 3 atom stereocenters. The smallest absolute Gasteiger partial charge is 0.303 e. The monoisotopic (exact) mass is 199 g/mol. The first-order valence-corrected chi connectivity index (χ1v) is 5.20. The van der Waals surface area contributed by atoms with Gasteiger partial charge in [-0.3, -0.25) is 9.79 Å². The molecule has 82 valence electrons. The standard InChI is InChI=1S/C11H21NO2/c1-5-12-7-9(3)10(4)8(2)6-11(13)14/h7-10H,5-6H2,1-4H3,(H,13,14). The van der Waals surface area contributed by atoms with Crippen molar-refractivity contribution in [1.29, 1.82) is 0 Å². The number of aliphatic carboxylic acids is 1. The van der Waals surface area contributed by atoms with Crippen LogP contribution in [-0.4, -0.2) is 23.8 Å². The van der Waals surface area contributed by atoms with Crippen molar-refractivity contribution in [3.63, 3.8) is 0 Å². The highest BCUT2D eigenvalue weighted by atomic mass is 16.4. The van der Waals surface area contributed by atoms with Crippen molar-refractivity contribution in [3.05, 3.63) is 0 Å². The molecule has 0 aromatic heterocycles. The van der Waals surface area contributed by atoms with E-state index >= 15 is 0 Å². The first kappa shape index (κ1) is 13.1. The number of carbonyl (C=O) groups is 1. The van der Waals surface area contributed by atoms with E-state index in [2.05, 4.69) is 18.8 Å². The first-order valence-electron chi connectivity index (χ1n) is 5.20. The summed E-state index contributed by atoms with van der Waals surface area (Å²) in [7, 11) is 0. The fourth-order valence-electron chi connectivity index (χ4n) is 1.39. The molecular weight excluding hydrogens is 178 g/mol. The lowest BCUT2D eigenvalue weighted by Crippen LogP contribution is -2.20. The van der Waals surface area contributed by atoms with Crippen molar-refractivity contribution < 1.29 is 9.90 Å². The molecule has 0 radical (unpaired) electrons. The van der Waals surface area contributed by atoms with Gasteiger partial charge in [-0.1, -0.05) is 20.8 Å². The number of hydrogen-bond donors (Lipinski definition) is 1. The molecule has 0 bridgehead atoms. The number of aliphatic imine (C=N–C) groups is 1. The van der Waals surface area contributed by atoms with Gasteiger partial charge in [0.15, 0.2) is 0 Å². The molecular formula is C11H21NO2. The zero-order valence-corrected chi connectivity index (χ0v) is 9.53. The molecule has 0 spiro atoms. The Bertz CT molecular complexity index is 201. The van der Waals surface area contributed by atoms with Crippen LogP contribution in [0.3, 0.4) is 0 Å². The largest absolute Gasteiger partial charge is 0.481 e.